The minimum absolute atomic E-state index is 0.587. The molecule has 0 radical (unpaired) electrons. The molecule has 0 aromatic heterocycles. The molecule has 0 aliphatic rings. The molecule has 0 bridgehead atoms. The third kappa shape index (κ3) is 3.22. The molecule has 21 heavy (non-hydrogen) atoms. The van der Waals surface area contributed by atoms with Crippen LogP contribution in [0.4, 0.5) is 0 Å². The quantitative estimate of drug-likeness (QED) is 0.503. The molecule has 0 saturated heterocycles. The van der Waals surface area contributed by atoms with Crippen molar-refractivity contribution in [3.63, 3.8) is 0 Å². The van der Waals surface area contributed by atoms with Crippen molar-refractivity contribution >= 4 is 22.9 Å². The van der Waals surface area contributed by atoms with Crippen LogP contribution in [0.1, 0.15) is 36.5 Å². The second-order valence-electron chi connectivity index (χ2n) is 5.76. The summed E-state index contributed by atoms with van der Waals surface area (Å²) in [5.74, 6) is 0.587. The first kappa shape index (κ1) is 13.6. The zero-order chi connectivity index (χ0) is 14.7. The average Bonchev–Trinajstić information content (AvgIpc) is 2.53. The van der Waals surface area contributed by atoms with Crippen LogP contribution < -0.4 is 0 Å². The Labute approximate surface area is 126 Å². The molecule has 0 atom stereocenters. The summed E-state index contributed by atoms with van der Waals surface area (Å²) in [4.78, 5) is 0. The minimum atomic E-state index is 0.587. The van der Waals surface area contributed by atoms with Crippen molar-refractivity contribution in [2.45, 2.75) is 19.8 Å². The number of benzene rings is 3. The summed E-state index contributed by atoms with van der Waals surface area (Å²) in [5, 5.41) is 2.57. The van der Waals surface area contributed by atoms with Crippen LogP contribution in [-0.2, 0) is 0 Å². The Morgan fingerprint density at radius 2 is 1.29 bits per heavy atom. The molecule has 0 saturated carbocycles. The molecule has 0 amide bonds. The summed E-state index contributed by atoms with van der Waals surface area (Å²) in [6.07, 6.45) is 4.35. The monoisotopic (exact) mass is 272 g/mol. The van der Waals surface area contributed by atoms with E-state index in [-0.39, 0.29) is 0 Å². The van der Waals surface area contributed by atoms with E-state index in [9.17, 15) is 0 Å². The van der Waals surface area contributed by atoms with Crippen LogP contribution in [-0.4, -0.2) is 0 Å². The van der Waals surface area contributed by atoms with Crippen LogP contribution in [0.15, 0.2) is 66.7 Å². The summed E-state index contributed by atoms with van der Waals surface area (Å²) in [6, 6.07) is 23.8. The van der Waals surface area contributed by atoms with Crippen molar-refractivity contribution in [2.75, 3.05) is 0 Å². The zero-order valence-corrected chi connectivity index (χ0v) is 12.6. The molecule has 0 heteroatoms. The number of hydrogen-bond acceptors (Lipinski definition) is 0. The molecule has 0 unspecified atom stereocenters. The molecule has 104 valence electrons. The Hall–Kier alpha value is -2.34. The fraction of sp³-hybridized carbons (Fsp3) is 0.143. The smallest absolute Gasteiger partial charge is 0.0178 e. The molecule has 3 aromatic carbocycles. The second-order valence-corrected chi connectivity index (χ2v) is 5.76. The van der Waals surface area contributed by atoms with Crippen LogP contribution in [0.5, 0.6) is 0 Å². The highest BCUT2D eigenvalue weighted by atomic mass is 14.0. The van der Waals surface area contributed by atoms with Gasteiger partial charge in [-0.1, -0.05) is 86.7 Å². The Bertz CT molecular complexity index is 761. The Kier molecular flexibility index (Phi) is 3.87. The van der Waals surface area contributed by atoms with E-state index in [4.69, 9.17) is 0 Å². The third-order valence-corrected chi connectivity index (χ3v) is 3.84. The standard InChI is InChI=1S/C21H20/c1-16(2)19-12-9-17(10-13-19)7-8-18-11-14-20-5-3-4-6-21(20)15-18/h3-16H,1-2H3/b8-7+. The highest BCUT2D eigenvalue weighted by Gasteiger charge is 1.97. The summed E-state index contributed by atoms with van der Waals surface area (Å²) in [5.41, 5.74) is 3.87. The first-order valence-electron chi connectivity index (χ1n) is 7.49. The molecular formula is C21H20. The van der Waals surface area contributed by atoms with Crippen LogP contribution in [0.3, 0.4) is 0 Å². The van der Waals surface area contributed by atoms with Gasteiger partial charge in [-0.2, -0.15) is 0 Å². The highest BCUT2D eigenvalue weighted by molar-refractivity contribution is 5.85. The van der Waals surface area contributed by atoms with Gasteiger partial charge >= 0.3 is 0 Å². The van der Waals surface area contributed by atoms with E-state index in [1.54, 1.807) is 0 Å². The van der Waals surface area contributed by atoms with Crippen LogP contribution >= 0.6 is 0 Å². The maximum Gasteiger partial charge on any atom is -0.0178 e. The van der Waals surface area contributed by atoms with Gasteiger partial charge in [0, 0.05) is 0 Å². The number of rotatable bonds is 3. The molecular weight excluding hydrogens is 252 g/mol. The van der Waals surface area contributed by atoms with Crippen molar-refractivity contribution in [1.82, 2.24) is 0 Å². The van der Waals surface area contributed by atoms with E-state index < -0.39 is 0 Å². The topological polar surface area (TPSA) is 0 Å². The van der Waals surface area contributed by atoms with Crippen molar-refractivity contribution in [2.24, 2.45) is 0 Å². The largest absolute Gasteiger partial charge is 0.0616 e. The molecule has 0 spiro atoms. The van der Waals surface area contributed by atoms with E-state index in [0.717, 1.165) is 0 Å². The van der Waals surface area contributed by atoms with Crippen molar-refractivity contribution < 1.29 is 0 Å². The second kappa shape index (κ2) is 5.97. The molecule has 0 fully saturated rings. The summed E-state index contributed by atoms with van der Waals surface area (Å²) in [7, 11) is 0. The molecule has 0 aliphatic heterocycles. The predicted octanol–water partition coefficient (Wildman–Crippen LogP) is 6.13. The third-order valence-electron chi connectivity index (χ3n) is 3.84. The van der Waals surface area contributed by atoms with Gasteiger partial charge in [-0.25, -0.2) is 0 Å². The molecule has 3 aromatic rings. The first-order chi connectivity index (χ1) is 10.2. The highest BCUT2D eigenvalue weighted by Crippen LogP contribution is 2.19. The number of hydrogen-bond donors (Lipinski definition) is 0. The van der Waals surface area contributed by atoms with Gasteiger partial charge in [0.1, 0.15) is 0 Å². The van der Waals surface area contributed by atoms with E-state index in [0.29, 0.717) is 5.92 Å². The maximum atomic E-state index is 2.23. The average molecular weight is 272 g/mol. The van der Waals surface area contributed by atoms with Gasteiger partial charge in [0.15, 0.2) is 0 Å². The summed E-state index contributed by atoms with van der Waals surface area (Å²) >= 11 is 0. The van der Waals surface area contributed by atoms with Crippen molar-refractivity contribution in [3.05, 3.63) is 83.4 Å². The lowest BCUT2D eigenvalue weighted by atomic mass is 10.0. The molecule has 0 N–H and O–H groups in total. The van der Waals surface area contributed by atoms with Crippen molar-refractivity contribution in [1.29, 1.82) is 0 Å². The molecule has 3 rings (SSSR count). The van der Waals surface area contributed by atoms with Gasteiger partial charge in [-0.05, 0) is 39.4 Å². The first-order valence-corrected chi connectivity index (χ1v) is 7.49. The van der Waals surface area contributed by atoms with E-state index in [1.807, 2.05) is 0 Å². The fourth-order valence-corrected chi connectivity index (χ4v) is 2.50. The van der Waals surface area contributed by atoms with Gasteiger partial charge in [-0.3, -0.25) is 0 Å². The van der Waals surface area contributed by atoms with Gasteiger partial charge in [-0.15, -0.1) is 0 Å². The normalized spacial score (nSPS) is 11.6. The lowest BCUT2D eigenvalue weighted by molar-refractivity contribution is 0.866. The van der Waals surface area contributed by atoms with Gasteiger partial charge in [0.2, 0.25) is 0 Å². The Balaban J connectivity index is 1.83. The van der Waals surface area contributed by atoms with Gasteiger partial charge in [0.25, 0.3) is 0 Å². The van der Waals surface area contributed by atoms with Crippen molar-refractivity contribution in [3.8, 4) is 0 Å². The molecule has 0 aliphatic carbocycles. The zero-order valence-electron chi connectivity index (χ0n) is 12.6. The van der Waals surface area contributed by atoms with Crippen LogP contribution in [0.2, 0.25) is 0 Å². The van der Waals surface area contributed by atoms with Gasteiger partial charge in [0.05, 0.1) is 0 Å². The van der Waals surface area contributed by atoms with Crippen LogP contribution in [0, 0.1) is 0 Å². The lowest BCUT2D eigenvalue weighted by Gasteiger charge is -2.04. The Morgan fingerprint density at radius 3 is 2.00 bits per heavy atom. The van der Waals surface area contributed by atoms with E-state index >= 15 is 0 Å². The molecule has 0 heterocycles. The summed E-state index contributed by atoms with van der Waals surface area (Å²) in [6.45, 7) is 4.44. The SMILES string of the molecule is CC(C)c1ccc(/C=C/c2ccc3ccccc3c2)cc1. The van der Waals surface area contributed by atoms with E-state index in [1.165, 1.54) is 27.5 Å². The Morgan fingerprint density at radius 1 is 0.667 bits per heavy atom. The van der Waals surface area contributed by atoms with Crippen LogP contribution in [0.25, 0.3) is 22.9 Å². The fourth-order valence-electron chi connectivity index (χ4n) is 2.50. The minimum Gasteiger partial charge on any atom is -0.0616 e. The van der Waals surface area contributed by atoms with E-state index in [2.05, 4.69) is 92.7 Å². The maximum absolute atomic E-state index is 2.23. The van der Waals surface area contributed by atoms with Gasteiger partial charge < -0.3 is 0 Å². The lowest BCUT2D eigenvalue weighted by Crippen LogP contribution is -1.85. The summed E-state index contributed by atoms with van der Waals surface area (Å²) < 4.78 is 0. The predicted molar refractivity (Wildman–Crippen MR) is 93.4 cm³/mol. The number of fused-ring (bicyclic) bond motifs is 1. The molecule has 0 nitrogen and oxygen atoms in total.